The summed E-state index contributed by atoms with van der Waals surface area (Å²) >= 11 is 0. The smallest absolute Gasteiger partial charge is 0.251 e. The Balaban J connectivity index is 1.94. The molecule has 0 spiro atoms. The number of nitrogens with zero attached hydrogens (tertiary/aromatic N) is 1. The maximum absolute atomic E-state index is 12.0. The lowest BCUT2D eigenvalue weighted by Crippen LogP contribution is -2.38. The molecule has 1 aromatic rings. The van der Waals surface area contributed by atoms with Gasteiger partial charge in [0.1, 0.15) is 5.75 Å². The summed E-state index contributed by atoms with van der Waals surface area (Å²) in [5, 5.41) is 2.96. The molecule has 1 heterocycles. The molecule has 0 saturated carbocycles. The molecule has 3 N–H and O–H groups in total. The number of anilines is 1. The SMILES string of the molecule is COc1ccc(C(=O)NCC2CCCN2C)cc1N. The zero-order valence-electron chi connectivity index (χ0n) is 11.5. The average molecular weight is 263 g/mol. The molecule has 2 rings (SSSR count). The van der Waals surface area contributed by atoms with Crippen molar-refractivity contribution in [3.05, 3.63) is 23.8 Å². The first-order chi connectivity index (χ1) is 9.11. The maximum Gasteiger partial charge on any atom is 0.251 e. The molecule has 19 heavy (non-hydrogen) atoms. The van der Waals surface area contributed by atoms with Crippen LogP contribution in [0, 0.1) is 0 Å². The Bertz CT molecular complexity index is 462. The highest BCUT2D eigenvalue weighted by atomic mass is 16.5. The number of nitrogen functional groups attached to an aromatic ring is 1. The lowest BCUT2D eigenvalue weighted by Gasteiger charge is -2.19. The molecule has 5 heteroatoms. The number of hydrogen-bond acceptors (Lipinski definition) is 4. The van der Waals surface area contributed by atoms with Crippen molar-refractivity contribution in [2.75, 3.05) is 33.0 Å². The van der Waals surface area contributed by atoms with Crippen LogP contribution in [0.5, 0.6) is 5.75 Å². The minimum Gasteiger partial charge on any atom is -0.495 e. The highest BCUT2D eigenvalue weighted by molar-refractivity contribution is 5.95. The first kappa shape index (κ1) is 13.7. The van der Waals surface area contributed by atoms with Gasteiger partial charge in [0.25, 0.3) is 5.91 Å². The lowest BCUT2D eigenvalue weighted by atomic mass is 10.1. The zero-order valence-corrected chi connectivity index (χ0v) is 11.5. The number of nitrogens with one attached hydrogen (secondary N) is 1. The van der Waals surface area contributed by atoms with Crippen molar-refractivity contribution in [3.8, 4) is 5.75 Å². The molecule has 5 nitrogen and oxygen atoms in total. The van der Waals surface area contributed by atoms with E-state index in [1.807, 2.05) is 0 Å². The van der Waals surface area contributed by atoms with Gasteiger partial charge in [0.15, 0.2) is 0 Å². The molecule has 0 aromatic heterocycles. The molecule has 1 unspecified atom stereocenters. The lowest BCUT2D eigenvalue weighted by molar-refractivity contribution is 0.0943. The van der Waals surface area contributed by atoms with Gasteiger partial charge in [0, 0.05) is 18.2 Å². The van der Waals surface area contributed by atoms with Crippen LogP contribution in [0.2, 0.25) is 0 Å². The molecule has 0 bridgehead atoms. The molecule has 1 aromatic carbocycles. The van der Waals surface area contributed by atoms with E-state index >= 15 is 0 Å². The van der Waals surface area contributed by atoms with Crippen molar-refractivity contribution < 1.29 is 9.53 Å². The minimum atomic E-state index is -0.0883. The van der Waals surface area contributed by atoms with E-state index in [0.29, 0.717) is 29.6 Å². The first-order valence-corrected chi connectivity index (χ1v) is 6.53. The van der Waals surface area contributed by atoms with Crippen molar-refractivity contribution in [1.82, 2.24) is 10.2 Å². The van der Waals surface area contributed by atoms with E-state index in [0.717, 1.165) is 13.0 Å². The molecule has 1 aliphatic heterocycles. The number of carbonyl (C=O) groups excluding carboxylic acids is 1. The normalized spacial score (nSPS) is 19.4. The van der Waals surface area contributed by atoms with E-state index in [1.165, 1.54) is 6.42 Å². The van der Waals surface area contributed by atoms with Gasteiger partial charge in [-0.25, -0.2) is 0 Å². The van der Waals surface area contributed by atoms with Crippen molar-refractivity contribution in [3.63, 3.8) is 0 Å². The molecule has 1 amide bonds. The molecule has 1 fully saturated rings. The number of ether oxygens (including phenoxy) is 1. The van der Waals surface area contributed by atoms with Crippen molar-refractivity contribution in [2.45, 2.75) is 18.9 Å². The topological polar surface area (TPSA) is 67.6 Å². The highest BCUT2D eigenvalue weighted by Crippen LogP contribution is 2.21. The molecule has 0 aliphatic carbocycles. The fraction of sp³-hybridized carbons (Fsp3) is 0.500. The third kappa shape index (κ3) is 3.17. The summed E-state index contributed by atoms with van der Waals surface area (Å²) in [6.45, 7) is 1.79. The van der Waals surface area contributed by atoms with Crippen LogP contribution in [-0.4, -0.2) is 44.1 Å². The Morgan fingerprint density at radius 3 is 2.95 bits per heavy atom. The quantitative estimate of drug-likeness (QED) is 0.798. The summed E-state index contributed by atoms with van der Waals surface area (Å²) < 4.78 is 5.07. The van der Waals surface area contributed by atoms with Gasteiger partial charge in [-0.15, -0.1) is 0 Å². The Hall–Kier alpha value is -1.75. The number of benzene rings is 1. The van der Waals surface area contributed by atoms with Crippen LogP contribution in [0.25, 0.3) is 0 Å². The van der Waals surface area contributed by atoms with Gasteiger partial charge in [0.05, 0.1) is 12.8 Å². The highest BCUT2D eigenvalue weighted by Gasteiger charge is 2.21. The fourth-order valence-corrected chi connectivity index (χ4v) is 2.43. The summed E-state index contributed by atoms with van der Waals surface area (Å²) in [6, 6.07) is 5.53. The number of nitrogens with two attached hydrogens (primary N) is 1. The number of methoxy groups -OCH3 is 1. The maximum atomic E-state index is 12.0. The number of hydrogen-bond donors (Lipinski definition) is 2. The van der Waals surface area contributed by atoms with Crippen LogP contribution in [0.3, 0.4) is 0 Å². The number of likely N-dealkylation sites (N-methyl/N-ethyl adjacent to an activating group) is 1. The second-order valence-corrected chi connectivity index (χ2v) is 4.94. The molecule has 1 atom stereocenters. The van der Waals surface area contributed by atoms with Gasteiger partial charge in [-0.05, 0) is 44.6 Å². The molecule has 0 radical (unpaired) electrons. The van der Waals surface area contributed by atoms with Gasteiger partial charge in [0.2, 0.25) is 0 Å². The Morgan fingerprint density at radius 2 is 2.37 bits per heavy atom. The number of carbonyl (C=O) groups is 1. The third-order valence-corrected chi connectivity index (χ3v) is 3.66. The second-order valence-electron chi connectivity index (χ2n) is 4.94. The standard InChI is InChI=1S/C14H21N3O2/c1-17-7-3-4-11(17)9-16-14(18)10-5-6-13(19-2)12(15)8-10/h5-6,8,11H,3-4,7,9,15H2,1-2H3,(H,16,18). The number of amides is 1. The summed E-state index contributed by atoms with van der Waals surface area (Å²) in [6.07, 6.45) is 2.34. The van der Waals surface area contributed by atoms with Crippen LogP contribution >= 0.6 is 0 Å². The van der Waals surface area contributed by atoms with E-state index in [2.05, 4.69) is 17.3 Å². The predicted octanol–water partition coefficient (Wildman–Crippen LogP) is 1.10. The van der Waals surface area contributed by atoms with E-state index in [1.54, 1.807) is 25.3 Å². The Kier molecular flexibility index (Phi) is 4.27. The van der Waals surface area contributed by atoms with Crippen LogP contribution in [-0.2, 0) is 0 Å². The minimum absolute atomic E-state index is 0.0883. The summed E-state index contributed by atoms with van der Waals surface area (Å²) in [7, 11) is 3.65. The van der Waals surface area contributed by atoms with Crippen LogP contribution in [0.1, 0.15) is 23.2 Å². The van der Waals surface area contributed by atoms with Crippen LogP contribution < -0.4 is 15.8 Å². The molecule has 104 valence electrons. The summed E-state index contributed by atoms with van der Waals surface area (Å²) in [4.78, 5) is 14.3. The van der Waals surface area contributed by atoms with Crippen LogP contribution in [0.4, 0.5) is 5.69 Å². The predicted molar refractivity (Wildman–Crippen MR) is 75.4 cm³/mol. The van der Waals surface area contributed by atoms with Gasteiger partial charge in [-0.3, -0.25) is 4.79 Å². The van der Waals surface area contributed by atoms with Crippen molar-refractivity contribution in [2.24, 2.45) is 0 Å². The van der Waals surface area contributed by atoms with Gasteiger partial charge >= 0.3 is 0 Å². The van der Waals surface area contributed by atoms with Crippen molar-refractivity contribution in [1.29, 1.82) is 0 Å². The molecular weight excluding hydrogens is 242 g/mol. The molecule has 1 saturated heterocycles. The zero-order chi connectivity index (χ0) is 13.8. The third-order valence-electron chi connectivity index (χ3n) is 3.66. The van der Waals surface area contributed by atoms with Gasteiger partial charge in [-0.1, -0.05) is 0 Å². The Labute approximate surface area is 113 Å². The second kappa shape index (κ2) is 5.93. The van der Waals surface area contributed by atoms with Crippen LogP contribution in [0.15, 0.2) is 18.2 Å². The average Bonchev–Trinajstić information content (AvgIpc) is 2.81. The van der Waals surface area contributed by atoms with E-state index in [-0.39, 0.29) is 5.91 Å². The largest absolute Gasteiger partial charge is 0.495 e. The monoisotopic (exact) mass is 263 g/mol. The van der Waals surface area contributed by atoms with E-state index in [9.17, 15) is 4.79 Å². The number of likely N-dealkylation sites (tertiary alicyclic amines) is 1. The van der Waals surface area contributed by atoms with Crippen molar-refractivity contribution >= 4 is 11.6 Å². The first-order valence-electron chi connectivity index (χ1n) is 6.53. The summed E-state index contributed by atoms with van der Waals surface area (Å²) in [5.74, 6) is 0.502. The van der Waals surface area contributed by atoms with Gasteiger partial charge < -0.3 is 20.7 Å². The van der Waals surface area contributed by atoms with E-state index in [4.69, 9.17) is 10.5 Å². The fourth-order valence-electron chi connectivity index (χ4n) is 2.43. The van der Waals surface area contributed by atoms with Gasteiger partial charge in [-0.2, -0.15) is 0 Å². The van der Waals surface area contributed by atoms with E-state index < -0.39 is 0 Å². The molecular formula is C14H21N3O2. The molecule has 1 aliphatic rings. The summed E-state index contributed by atoms with van der Waals surface area (Å²) in [5.41, 5.74) is 6.85. The Morgan fingerprint density at radius 1 is 1.58 bits per heavy atom. The number of rotatable bonds is 4.